The number of hydrogen-bond acceptors (Lipinski definition) is 4. The van der Waals surface area contributed by atoms with E-state index in [1.54, 1.807) is 0 Å². The molecule has 7 heteroatoms. The third kappa shape index (κ3) is 2.72. The number of halogens is 1. The van der Waals surface area contributed by atoms with Crippen LogP contribution in [0.5, 0.6) is 0 Å². The summed E-state index contributed by atoms with van der Waals surface area (Å²) >= 11 is 0. The fourth-order valence-corrected chi connectivity index (χ4v) is 1.71. The fraction of sp³-hybridized carbons (Fsp3) is 0. The first kappa shape index (κ1) is 13.5. The second kappa shape index (κ2) is 5.35. The number of nitrogens with zero attached hydrogens (tertiary/aromatic N) is 1. The summed E-state index contributed by atoms with van der Waals surface area (Å²) in [6.07, 6.45) is 0. The van der Waals surface area contributed by atoms with E-state index in [-0.39, 0.29) is 16.9 Å². The molecule has 0 saturated heterocycles. The fourth-order valence-electron chi connectivity index (χ4n) is 1.71. The Labute approximate surface area is 113 Å². The highest BCUT2D eigenvalue weighted by Gasteiger charge is 2.23. The number of rotatable bonds is 3. The molecule has 0 aliphatic rings. The van der Waals surface area contributed by atoms with Gasteiger partial charge in [-0.2, -0.15) is 0 Å². The number of nitrogens with two attached hydrogens (primary N) is 1. The largest absolute Gasteiger partial charge is 0.393 e. The third-order valence-corrected chi connectivity index (χ3v) is 2.58. The maximum atomic E-state index is 13.0. The van der Waals surface area contributed by atoms with Crippen molar-refractivity contribution in [2.75, 3.05) is 11.1 Å². The van der Waals surface area contributed by atoms with Crippen LogP contribution >= 0.6 is 0 Å². The van der Waals surface area contributed by atoms with Gasteiger partial charge < -0.3 is 11.1 Å². The van der Waals surface area contributed by atoms with E-state index in [0.29, 0.717) is 0 Å². The Morgan fingerprint density at radius 2 is 1.95 bits per heavy atom. The Balaban J connectivity index is 2.35. The van der Waals surface area contributed by atoms with Gasteiger partial charge >= 0.3 is 5.69 Å². The second-order valence-corrected chi connectivity index (χ2v) is 3.96. The molecule has 1 amide bonds. The molecular weight excluding hydrogens is 265 g/mol. The first-order valence-corrected chi connectivity index (χ1v) is 5.59. The third-order valence-electron chi connectivity index (χ3n) is 2.58. The van der Waals surface area contributed by atoms with E-state index in [1.165, 1.54) is 36.4 Å². The zero-order valence-electron chi connectivity index (χ0n) is 10.2. The molecule has 0 aliphatic carbocycles. The predicted octanol–water partition coefficient (Wildman–Crippen LogP) is 2.57. The van der Waals surface area contributed by atoms with Crippen LogP contribution in [0, 0.1) is 15.9 Å². The number of benzene rings is 2. The van der Waals surface area contributed by atoms with Crippen molar-refractivity contribution in [1.29, 1.82) is 0 Å². The van der Waals surface area contributed by atoms with Crippen LogP contribution in [0.4, 0.5) is 21.5 Å². The number of para-hydroxylation sites is 1. The van der Waals surface area contributed by atoms with E-state index in [4.69, 9.17) is 5.73 Å². The summed E-state index contributed by atoms with van der Waals surface area (Å²) in [7, 11) is 0. The highest BCUT2D eigenvalue weighted by atomic mass is 19.1. The molecule has 20 heavy (non-hydrogen) atoms. The molecule has 0 saturated carbocycles. The number of carbonyl (C=O) groups excluding carboxylic acids is 1. The zero-order valence-corrected chi connectivity index (χ0v) is 10.2. The average Bonchev–Trinajstić information content (AvgIpc) is 2.37. The quantitative estimate of drug-likeness (QED) is 0.511. The molecule has 2 rings (SSSR count). The number of nitrogen functional groups attached to an aromatic ring is 1. The monoisotopic (exact) mass is 275 g/mol. The molecular formula is C13H10FN3O3. The summed E-state index contributed by atoms with van der Waals surface area (Å²) in [6.45, 7) is 0. The molecule has 6 nitrogen and oxygen atoms in total. The van der Waals surface area contributed by atoms with Crippen LogP contribution in [0.15, 0.2) is 42.5 Å². The van der Waals surface area contributed by atoms with Crippen LogP contribution in [0.25, 0.3) is 0 Å². The average molecular weight is 275 g/mol. The molecule has 0 spiro atoms. The zero-order chi connectivity index (χ0) is 14.7. The molecule has 0 bridgehead atoms. The number of amides is 1. The van der Waals surface area contributed by atoms with Crippen LogP contribution < -0.4 is 11.1 Å². The second-order valence-electron chi connectivity index (χ2n) is 3.96. The van der Waals surface area contributed by atoms with Crippen LogP contribution in [-0.4, -0.2) is 10.8 Å². The van der Waals surface area contributed by atoms with Gasteiger partial charge in [-0.05, 0) is 30.3 Å². The van der Waals surface area contributed by atoms with Crippen LogP contribution in [0.2, 0.25) is 0 Å². The number of hydrogen-bond donors (Lipinski definition) is 2. The minimum atomic E-state index is -0.727. The van der Waals surface area contributed by atoms with Gasteiger partial charge in [0.2, 0.25) is 0 Å². The molecule has 0 aliphatic heterocycles. The minimum absolute atomic E-state index is 0.109. The van der Waals surface area contributed by atoms with Gasteiger partial charge in [0.05, 0.1) is 4.92 Å². The molecule has 0 aromatic heterocycles. The van der Waals surface area contributed by atoms with Crippen molar-refractivity contribution < 1.29 is 14.1 Å². The molecule has 0 unspecified atom stereocenters. The van der Waals surface area contributed by atoms with E-state index >= 15 is 0 Å². The van der Waals surface area contributed by atoms with E-state index in [9.17, 15) is 19.3 Å². The van der Waals surface area contributed by atoms with Gasteiger partial charge in [-0.1, -0.05) is 12.1 Å². The van der Waals surface area contributed by atoms with Crippen molar-refractivity contribution >= 4 is 23.0 Å². The Hall–Kier alpha value is -2.96. The van der Waals surface area contributed by atoms with E-state index in [2.05, 4.69) is 5.32 Å². The highest BCUT2D eigenvalue weighted by Crippen LogP contribution is 2.26. The van der Waals surface area contributed by atoms with Gasteiger partial charge in [0.1, 0.15) is 17.1 Å². The summed E-state index contributed by atoms with van der Waals surface area (Å²) in [6, 6.07) is 9.26. The number of nitro groups is 1. The van der Waals surface area contributed by atoms with Gasteiger partial charge in [0, 0.05) is 5.69 Å². The van der Waals surface area contributed by atoms with Crippen molar-refractivity contribution in [2.24, 2.45) is 0 Å². The van der Waals surface area contributed by atoms with Gasteiger partial charge in [-0.25, -0.2) is 4.39 Å². The SMILES string of the molecule is Nc1cccc(C(=O)Nc2cccc(F)c2)c1[N+](=O)[O-]. The Morgan fingerprint density at radius 3 is 2.60 bits per heavy atom. The van der Waals surface area contributed by atoms with Crippen molar-refractivity contribution in [2.45, 2.75) is 0 Å². The Morgan fingerprint density at radius 1 is 1.25 bits per heavy atom. The Bertz CT molecular complexity index is 688. The first-order valence-electron chi connectivity index (χ1n) is 5.59. The van der Waals surface area contributed by atoms with E-state index in [1.807, 2.05) is 0 Å². The molecule has 0 heterocycles. The number of nitro benzene ring substituents is 1. The topological polar surface area (TPSA) is 98.3 Å². The lowest BCUT2D eigenvalue weighted by Gasteiger charge is -2.07. The van der Waals surface area contributed by atoms with Crippen molar-refractivity contribution in [3.05, 3.63) is 64.0 Å². The molecule has 3 N–H and O–H groups in total. The predicted molar refractivity (Wildman–Crippen MR) is 71.9 cm³/mol. The van der Waals surface area contributed by atoms with Gasteiger partial charge in [-0.15, -0.1) is 0 Å². The maximum Gasteiger partial charge on any atom is 0.304 e. The molecule has 2 aromatic rings. The number of anilines is 2. The van der Waals surface area contributed by atoms with Crippen molar-refractivity contribution in [1.82, 2.24) is 0 Å². The van der Waals surface area contributed by atoms with E-state index < -0.39 is 22.3 Å². The first-order chi connectivity index (χ1) is 9.49. The summed E-state index contributed by atoms with van der Waals surface area (Å²) in [5, 5.41) is 13.3. The van der Waals surface area contributed by atoms with Crippen molar-refractivity contribution in [3.63, 3.8) is 0 Å². The van der Waals surface area contributed by atoms with Gasteiger partial charge in [-0.3, -0.25) is 14.9 Å². The van der Waals surface area contributed by atoms with Gasteiger partial charge in [0.15, 0.2) is 0 Å². The summed E-state index contributed by atoms with van der Waals surface area (Å²) in [5.41, 5.74) is 4.94. The van der Waals surface area contributed by atoms with Crippen LogP contribution in [0.1, 0.15) is 10.4 Å². The lowest BCUT2D eigenvalue weighted by molar-refractivity contribution is -0.384. The van der Waals surface area contributed by atoms with Crippen LogP contribution in [-0.2, 0) is 0 Å². The Kier molecular flexibility index (Phi) is 3.60. The summed E-state index contributed by atoms with van der Waals surface area (Å²) < 4.78 is 13.0. The molecule has 2 aromatic carbocycles. The molecule has 0 radical (unpaired) electrons. The normalized spacial score (nSPS) is 10.1. The number of nitrogens with one attached hydrogen (secondary N) is 1. The molecule has 0 fully saturated rings. The lowest BCUT2D eigenvalue weighted by atomic mass is 10.1. The molecule has 0 atom stereocenters. The smallest absolute Gasteiger partial charge is 0.304 e. The van der Waals surface area contributed by atoms with E-state index in [0.717, 1.165) is 6.07 Å². The van der Waals surface area contributed by atoms with Crippen molar-refractivity contribution in [3.8, 4) is 0 Å². The standard InChI is InChI=1S/C13H10FN3O3/c14-8-3-1-4-9(7-8)16-13(18)10-5-2-6-11(15)12(10)17(19)20/h1-7H,15H2,(H,16,18). The van der Waals surface area contributed by atoms with Crippen LogP contribution in [0.3, 0.4) is 0 Å². The highest BCUT2D eigenvalue weighted by molar-refractivity contribution is 6.08. The molecule has 102 valence electrons. The lowest BCUT2D eigenvalue weighted by Crippen LogP contribution is -2.15. The summed E-state index contributed by atoms with van der Waals surface area (Å²) in [4.78, 5) is 22.2. The minimum Gasteiger partial charge on any atom is -0.393 e. The maximum absolute atomic E-state index is 13.0. The summed E-state index contributed by atoms with van der Waals surface area (Å²) in [5.74, 6) is -1.25. The number of carbonyl (C=O) groups is 1. The van der Waals surface area contributed by atoms with Gasteiger partial charge in [0.25, 0.3) is 5.91 Å².